The Morgan fingerprint density at radius 2 is 1.95 bits per heavy atom. The molecule has 0 unspecified atom stereocenters. The highest BCUT2D eigenvalue weighted by molar-refractivity contribution is 8.13. The molecule has 0 saturated carbocycles. The number of hydrogen-bond acceptors (Lipinski definition) is 3. The fraction of sp³-hybridized carbons (Fsp3) is 0.231. The van der Waals surface area contributed by atoms with E-state index in [0.717, 1.165) is 17.8 Å². The van der Waals surface area contributed by atoms with Crippen molar-refractivity contribution in [3.05, 3.63) is 34.9 Å². The van der Waals surface area contributed by atoms with Crippen molar-refractivity contribution in [1.29, 1.82) is 0 Å². The summed E-state index contributed by atoms with van der Waals surface area (Å²) in [6, 6.07) is 1.36. The number of benzene rings is 1. The van der Waals surface area contributed by atoms with Gasteiger partial charge in [-0.2, -0.15) is 0 Å². The molecule has 1 rings (SSSR count). The highest BCUT2D eigenvalue weighted by Crippen LogP contribution is 2.14. The van der Waals surface area contributed by atoms with Gasteiger partial charge in [0.05, 0.1) is 5.56 Å². The zero-order valence-electron chi connectivity index (χ0n) is 10.00. The molecule has 0 atom stereocenters. The van der Waals surface area contributed by atoms with Crippen LogP contribution in [0, 0.1) is 23.5 Å². The Balaban J connectivity index is 2.88. The Morgan fingerprint density at radius 1 is 1.32 bits per heavy atom. The molecule has 1 aromatic rings. The zero-order valence-corrected chi connectivity index (χ0v) is 10.8. The Bertz CT molecular complexity index is 573. The van der Waals surface area contributed by atoms with Crippen LogP contribution < -0.4 is 0 Å². The summed E-state index contributed by atoms with van der Waals surface area (Å²) in [4.78, 5) is 21.5. The molecule has 0 aliphatic rings. The molecule has 0 heterocycles. The fourth-order valence-corrected chi connectivity index (χ4v) is 1.72. The maximum atomic E-state index is 13.0. The van der Waals surface area contributed by atoms with Gasteiger partial charge in [-0.25, -0.2) is 13.6 Å². The maximum Gasteiger partial charge on any atom is 0.337 e. The van der Waals surface area contributed by atoms with Crippen LogP contribution in [0.2, 0.25) is 0 Å². The maximum absolute atomic E-state index is 13.0. The summed E-state index contributed by atoms with van der Waals surface area (Å²) in [5, 5.41) is 8.81. The summed E-state index contributed by atoms with van der Waals surface area (Å²) >= 11 is 1.09. The van der Waals surface area contributed by atoms with E-state index < -0.39 is 17.6 Å². The van der Waals surface area contributed by atoms with Crippen molar-refractivity contribution in [2.75, 3.05) is 5.75 Å². The van der Waals surface area contributed by atoms with Crippen LogP contribution in [0.3, 0.4) is 0 Å². The lowest BCUT2D eigenvalue weighted by atomic mass is 10.1. The van der Waals surface area contributed by atoms with Crippen LogP contribution in [0.4, 0.5) is 8.78 Å². The van der Waals surface area contributed by atoms with E-state index >= 15 is 0 Å². The zero-order chi connectivity index (χ0) is 14.4. The molecule has 0 aromatic heterocycles. The molecule has 1 N–H and O–H groups in total. The molecule has 0 spiro atoms. The van der Waals surface area contributed by atoms with E-state index in [0.29, 0.717) is 18.2 Å². The number of halogens is 2. The molecule has 0 fully saturated rings. The first kappa shape index (κ1) is 15.2. The molecule has 6 heteroatoms. The topological polar surface area (TPSA) is 54.4 Å². The van der Waals surface area contributed by atoms with Gasteiger partial charge in [0.15, 0.2) is 16.7 Å². The molecule has 100 valence electrons. The van der Waals surface area contributed by atoms with E-state index in [-0.39, 0.29) is 16.2 Å². The third kappa shape index (κ3) is 4.72. The van der Waals surface area contributed by atoms with E-state index in [1.807, 2.05) is 0 Å². The molecule has 0 radical (unpaired) electrons. The largest absolute Gasteiger partial charge is 0.478 e. The highest BCUT2D eigenvalue weighted by atomic mass is 32.2. The van der Waals surface area contributed by atoms with Crippen molar-refractivity contribution in [2.45, 2.75) is 13.3 Å². The van der Waals surface area contributed by atoms with Gasteiger partial charge < -0.3 is 5.11 Å². The molecule has 0 amide bonds. The fourth-order valence-electron chi connectivity index (χ4n) is 1.23. The van der Waals surface area contributed by atoms with E-state index in [4.69, 9.17) is 5.11 Å². The Labute approximate surface area is 113 Å². The molecule has 0 aliphatic carbocycles. The molecule has 0 bridgehead atoms. The second-order valence-corrected chi connectivity index (χ2v) is 4.78. The second kappa shape index (κ2) is 6.90. The minimum Gasteiger partial charge on any atom is -0.478 e. The SMILES string of the molecule is CC(=O)SCCC#Cc1cc(F)c(F)cc1C(=O)O. The third-order valence-electron chi connectivity index (χ3n) is 2.05. The molecule has 0 saturated heterocycles. The van der Waals surface area contributed by atoms with Crippen LogP contribution in [0.15, 0.2) is 12.1 Å². The minimum absolute atomic E-state index is 0.0409. The Hall–Kier alpha value is -1.87. The van der Waals surface area contributed by atoms with Crippen LogP contribution >= 0.6 is 11.8 Å². The van der Waals surface area contributed by atoms with Gasteiger partial charge in [-0.05, 0) is 12.1 Å². The van der Waals surface area contributed by atoms with Crippen molar-refractivity contribution < 1.29 is 23.5 Å². The van der Waals surface area contributed by atoms with Gasteiger partial charge in [-0.15, -0.1) is 0 Å². The number of carboxylic acids is 1. The summed E-state index contributed by atoms with van der Waals surface area (Å²) < 4.78 is 25.9. The quantitative estimate of drug-likeness (QED) is 0.685. The molecular weight excluding hydrogens is 274 g/mol. The molecule has 3 nitrogen and oxygen atoms in total. The Kier molecular flexibility index (Phi) is 5.52. The van der Waals surface area contributed by atoms with Gasteiger partial charge >= 0.3 is 5.97 Å². The summed E-state index contributed by atoms with van der Waals surface area (Å²) in [5.41, 5.74) is -0.468. The third-order valence-corrected chi connectivity index (χ3v) is 2.86. The Morgan fingerprint density at radius 3 is 2.53 bits per heavy atom. The van der Waals surface area contributed by atoms with Gasteiger partial charge in [0.2, 0.25) is 0 Å². The van der Waals surface area contributed by atoms with Crippen LogP contribution in [0.5, 0.6) is 0 Å². The summed E-state index contributed by atoms with van der Waals surface area (Å²) in [5.74, 6) is 1.82. The van der Waals surface area contributed by atoms with Crippen LogP contribution in [0.1, 0.15) is 29.3 Å². The number of carbonyl (C=O) groups excluding carboxylic acids is 1. The number of aromatic carboxylic acids is 1. The minimum atomic E-state index is -1.37. The van der Waals surface area contributed by atoms with E-state index in [1.54, 1.807) is 0 Å². The van der Waals surface area contributed by atoms with Gasteiger partial charge in [-0.1, -0.05) is 23.6 Å². The first-order valence-corrected chi connectivity index (χ1v) is 6.25. The smallest absolute Gasteiger partial charge is 0.337 e. The number of carboxylic acid groups (broad SMARTS) is 1. The lowest BCUT2D eigenvalue weighted by Crippen LogP contribution is -2.02. The predicted octanol–water partition coefficient (Wildman–Crippen LogP) is 2.68. The molecule has 1 aromatic carbocycles. The van der Waals surface area contributed by atoms with Gasteiger partial charge in [0.1, 0.15) is 0 Å². The van der Waals surface area contributed by atoms with E-state index in [1.165, 1.54) is 6.92 Å². The average Bonchev–Trinajstić information content (AvgIpc) is 2.32. The number of rotatable bonds is 3. The summed E-state index contributed by atoms with van der Waals surface area (Å²) in [6.07, 6.45) is 0.350. The standard InChI is InChI=1S/C13H10F2O3S/c1-8(16)19-5-3-2-4-9-6-11(14)12(15)7-10(9)13(17)18/h6-7H,3,5H2,1H3,(H,17,18). The van der Waals surface area contributed by atoms with Crippen molar-refractivity contribution in [3.8, 4) is 11.8 Å². The lowest BCUT2D eigenvalue weighted by molar-refractivity contribution is -0.109. The van der Waals surface area contributed by atoms with Crippen molar-refractivity contribution in [1.82, 2.24) is 0 Å². The van der Waals surface area contributed by atoms with E-state index in [9.17, 15) is 18.4 Å². The molecule has 19 heavy (non-hydrogen) atoms. The number of hydrogen-bond donors (Lipinski definition) is 1. The molecular formula is C13H10F2O3S. The van der Waals surface area contributed by atoms with Crippen LogP contribution in [-0.4, -0.2) is 21.9 Å². The molecule has 0 aliphatic heterocycles. The lowest BCUT2D eigenvalue weighted by Gasteiger charge is -2.00. The van der Waals surface area contributed by atoms with Crippen molar-refractivity contribution in [2.24, 2.45) is 0 Å². The monoisotopic (exact) mass is 284 g/mol. The number of carbonyl (C=O) groups is 2. The van der Waals surface area contributed by atoms with Crippen LogP contribution in [0.25, 0.3) is 0 Å². The van der Waals surface area contributed by atoms with Crippen molar-refractivity contribution >= 4 is 22.8 Å². The normalized spacial score (nSPS) is 9.63. The van der Waals surface area contributed by atoms with Crippen LogP contribution in [-0.2, 0) is 4.79 Å². The van der Waals surface area contributed by atoms with Gasteiger partial charge in [0, 0.05) is 24.7 Å². The van der Waals surface area contributed by atoms with E-state index in [2.05, 4.69) is 11.8 Å². The summed E-state index contributed by atoms with van der Waals surface area (Å²) in [6.45, 7) is 1.43. The second-order valence-electron chi connectivity index (χ2n) is 3.51. The highest BCUT2D eigenvalue weighted by Gasteiger charge is 2.13. The number of thioether (sulfide) groups is 1. The van der Waals surface area contributed by atoms with Gasteiger partial charge in [0.25, 0.3) is 0 Å². The average molecular weight is 284 g/mol. The first-order valence-electron chi connectivity index (χ1n) is 5.26. The first-order chi connectivity index (χ1) is 8.91. The predicted molar refractivity (Wildman–Crippen MR) is 68.0 cm³/mol. The summed E-state index contributed by atoms with van der Waals surface area (Å²) in [7, 11) is 0. The van der Waals surface area contributed by atoms with Crippen molar-refractivity contribution in [3.63, 3.8) is 0 Å². The van der Waals surface area contributed by atoms with Gasteiger partial charge in [-0.3, -0.25) is 4.79 Å².